The number of ether oxygens (including phenoxy) is 1. The van der Waals surface area contributed by atoms with Gasteiger partial charge in [0.25, 0.3) is 0 Å². The van der Waals surface area contributed by atoms with E-state index in [4.69, 9.17) is 4.74 Å². The van der Waals surface area contributed by atoms with Gasteiger partial charge in [0.05, 0.1) is 17.5 Å². The standard InChI is InChI=1S/C21H24N2O/c1-15(16-9-11-17(12-10-16)21(2,3)4)13-24-20-18-7-5-6-8-19(18)22-14-23-20/h5-12,14-15H,13H2,1-4H3. The fraction of sp³-hybridized carbons (Fsp3) is 0.333. The summed E-state index contributed by atoms with van der Waals surface area (Å²) in [5.41, 5.74) is 3.71. The van der Waals surface area contributed by atoms with Crippen molar-refractivity contribution < 1.29 is 4.74 Å². The molecule has 1 heterocycles. The second-order valence-corrected chi connectivity index (χ2v) is 7.28. The Bertz CT molecular complexity index is 814. The quantitative estimate of drug-likeness (QED) is 0.670. The largest absolute Gasteiger partial charge is 0.477 e. The Morgan fingerprint density at radius 2 is 1.67 bits per heavy atom. The van der Waals surface area contributed by atoms with E-state index >= 15 is 0 Å². The molecule has 124 valence electrons. The van der Waals surface area contributed by atoms with Gasteiger partial charge in [-0.15, -0.1) is 0 Å². The first-order valence-electron chi connectivity index (χ1n) is 8.38. The normalized spacial score (nSPS) is 13.0. The molecule has 3 aromatic rings. The van der Waals surface area contributed by atoms with Gasteiger partial charge in [-0.3, -0.25) is 0 Å². The molecule has 0 N–H and O–H groups in total. The van der Waals surface area contributed by atoms with E-state index in [2.05, 4.69) is 61.9 Å². The Kier molecular flexibility index (Phi) is 4.52. The molecule has 0 radical (unpaired) electrons. The predicted molar refractivity (Wildman–Crippen MR) is 98.6 cm³/mol. The maximum absolute atomic E-state index is 5.98. The summed E-state index contributed by atoms with van der Waals surface area (Å²) >= 11 is 0. The van der Waals surface area contributed by atoms with E-state index in [1.165, 1.54) is 11.1 Å². The molecular weight excluding hydrogens is 296 g/mol. The van der Waals surface area contributed by atoms with E-state index in [1.54, 1.807) is 6.33 Å². The second kappa shape index (κ2) is 6.60. The first kappa shape index (κ1) is 16.4. The molecule has 0 aliphatic carbocycles. The van der Waals surface area contributed by atoms with Crippen LogP contribution in [0.1, 0.15) is 44.7 Å². The Labute approximate surface area is 143 Å². The highest BCUT2D eigenvalue weighted by molar-refractivity contribution is 5.82. The van der Waals surface area contributed by atoms with Gasteiger partial charge in [0, 0.05) is 5.92 Å². The van der Waals surface area contributed by atoms with Gasteiger partial charge in [-0.05, 0) is 28.7 Å². The second-order valence-electron chi connectivity index (χ2n) is 7.28. The van der Waals surface area contributed by atoms with Gasteiger partial charge < -0.3 is 4.74 Å². The van der Waals surface area contributed by atoms with Crippen LogP contribution < -0.4 is 4.74 Å². The molecule has 1 aromatic heterocycles. The third-order valence-corrected chi connectivity index (χ3v) is 4.32. The summed E-state index contributed by atoms with van der Waals surface area (Å²) in [4.78, 5) is 8.55. The van der Waals surface area contributed by atoms with Gasteiger partial charge in [0.1, 0.15) is 6.33 Å². The topological polar surface area (TPSA) is 35.0 Å². The molecule has 1 atom stereocenters. The average molecular weight is 320 g/mol. The van der Waals surface area contributed by atoms with Crippen LogP contribution in [0.25, 0.3) is 10.9 Å². The van der Waals surface area contributed by atoms with Crippen LogP contribution in [0.2, 0.25) is 0 Å². The minimum absolute atomic E-state index is 0.179. The summed E-state index contributed by atoms with van der Waals surface area (Å²) in [5, 5.41) is 0.954. The van der Waals surface area contributed by atoms with Crippen molar-refractivity contribution in [2.45, 2.75) is 39.0 Å². The number of hydrogen-bond donors (Lipinski definition) is 0. The van der Waals surface area contributed by atoms with Crippen LogP contribution in [0.5, 0.6) is 5.88 Å². The number of fused-ring (bicyclic) bond motifs is 1. The number of hydrogen-bond acceptors (Lipinski definition) is 3. The summed E-state index contributed by atoms with van der Waals surface area (Å²) in [6.07, 6.45) is 1.56. The fourth-order valence-electron chi connectivity index (χ4n) is 2.71. The molecule has 0 aliphatic heterocycles. The van der Waals surface area contributed by atoms with Gasteiger partial charge in [0.15, 0.2) is 0 Å². The molecule has 0 spiro atoms. The third-order valence-electron chi connectivity index (χ3n) is 4.32. The van der Waals surface area contributed by atoms with Crippen LogP contribution in [0, 0.1) is 0 Å². The molecule has 24 heavy (non-hydrogen) atoms. The molecule has 1 unspecified atom stereocenters. The number of rotatable bonds is 4. The van der Waals surface area contributed by atoms with Crippen LogP contribution in [-0.4, -0.2) is 16.6 Å². The summed E-state index contributed by atoms with van der Waals surface area (Å²) in [7, 11) is 0. The fourth-order valence-corrected chi connectivity index (χ4v) is 2.71. The zero-order valence-electron chi connectivity index (χ0n) is 14.8. The maximum atomic E-state index is 5.98. The van der Waals surface area contributed by atoms with E-state index < -0.39 is 0 Å². The lowest BCUT2D eigenvalue weighted by Gasteiger charge is -2.20. The van der Waals surface area contributed by atoms with Crippen molar-refractivity contribution in [3.8, 4) is 5.88 Å². The van der Waals surface area contributed by atoms with Gasteiger partial charge in [-0.2, -0.15) is 0 Å². The molecule has 3 nitrogen and oxygen atoms in total. The summed E-state index contributed by atoms with van der Waals surface area (Å²) in [6.45, 7) is 9.46. The average Bonchev–Trinajstić information content (AvgIpc) is 2.59. The van der Waals surface area contributed by atoms with Crippen LogP contribution in [0.3, 0.4) is 0 Å². The van der Waals surface area contributed by atoms with Crippen molar-refractivity contribution in [2.75, 3.05) is 6.61 Å². The van der Waals surface area contributed by atoms with Crippen molar-refractivity contribution in [3.05, 3.63) is 66.0 Å². The van der Waals surface area contributed by atoms with Crippen molar-refractivity contribution >= 4 is 10.9 Å². The van der Waals surface area contributed by atoms with Crippen LogP contribution in [-0.2, 0) is 5.41 Å². The molecule has 0 fully saturated rings. The highest BCUT2D eigenvalue weighted by Gasteiger charge is 2.14. The Balaban J connectivity index is 1.72. The zero-order valence-corrected chi connectivity index (χ0v) is 14.8. The molecule has 3 rings (SSSR count). The molecule has 0 bridgehead atoms. The van der Waals surface area contributed by atoms with Crippen molar-refractivity contribution in [1.29, 1.82) is 0 Å². The maximum Gasteiger partial charge on any atom is 0.224 e. The molecule has 3 heteroatoms. The van der Waals surface area contributed by atoms with E-state index in [0.717, 1.165) is 10.9 Å². The van der Waals surface area contributed by atoms with Gasteiger partial charge in [-0.1, -0.05) is 64.1 Å². The predicted octanol–water partition coefficient (Wildman–Crippen LogP) is 5.11. The SMILES string of the molecule is CC(COc1ncnc2ccccc12)c1ccc(C(C)(C)C)cc1. The molecule has 0 aliphatic rings. The monoisotopic (exact) mass is 320 g/mol. The number of benzene rings is 2. The summed E-state index contributed by atoms with van der Waals surface area (Å²) < 4.78 is 5.98. The van der Waals surface area contributed by atoms with E-state index in [-0.39, 0.29) is 5.41 Å². The first-order chi connectivity index (χ1) is 11.4. The summed E-state index contributed by atoms with van der Waals surface area (Å²) in [5.74, 6) is 0.950. The third kappa shape index (κ3) is 3.56. The van der Waals surface area contributed by atoms with Gasteiger partial charge in [-0.25, -0.2) is 9.97 Å². The minimum Gasteiger partial charge on any atom is -0.477 e. The van der Waals surface area contributed by atoms with Crippen LogP contribution in [0.15, 0.2) is 54.9 Å². The van der Waals surface area contributed by atoms with E-state index in [1.807, 2.05) is 24.3 Å². The number of nitrogens with zero attached hydrogens (tertiary/aromatic N) is 2. The Hall–Kier alpha value is -2.42. The zero-order chi connectivity index (χ0) is 17.2. The van der Waals surface area contributed by atoms with Gasteiger partial charge >= 0.3 is 0 Å². The van der Waals surface area contributed by atoms with Crippen LogP contribution >= 0.6 is 0 Å². The molecule has 2 aromatic carbocycles. The Morgan fingerprint density at radius 1 is 0.958 bits per heavy atom. The number of para-hydroxylation sites is 1. The highest BCUT2D eigenvalue weighted by atomic mass is 16.5. The number of aromatic nitrogens is 2. The van der Waals surface area contributed by atoms with E-state index in [9.17, 15) is 0 Å². The van der Waals surface area contributed by atoms with Crippen molar-refractivity contribution in [3.63, 3.8) is 0 Å². The lowest BCUT2D eigenvalue weighted by atomic mass is 9.86. The van der Waals surface area contributed by atoms with Crippen molar-refractivity contribution in [2.24, 2.45) is 0 Å². The van der Waals surface area contributed by atoms with Gasteiger partial charge in [0.2, 0.25) is 5.88 Å². The smallest absolute Gasteiger partial charge is 0.224 e. The lowest BCUT2D eigenvalue weighted by Crippen LogP contribution is -2.12. The Morgan fingerprint density at radius 3 is 2.38 bits per heavy atom. The van der Waals surface area contributed by atoms with E-state index in [0.29, 0.717) is 18.4 Å². The molecule has 0 saturated heterocycles. The highest BCUT2D eigenvalue weighted by Crippen LogP contribution is 2.26. The molecule has 0 amide bonds. The van der Waals surface area contributed by atoms with Crippen LogP contribution in [0.4, 0.5) is 0 Å². The molecule has 0 saturated carbocycles. The first-order valence-corrected chi connectivity index (χ1v) is 8.38. The van der Waals surface area contributed by atoms with Crippen molar-refractivity contribution in [1.82, 2.24) is 9.97 Å². The minimum atomic E-state index is 0.179. The summed E-state index contributed by atoms with van der Waals surface area (Å²) in [6, 6.07) is 16.7. The molecular formula is C21H24N2O. The lowest BCUT2D eigenvalue weighted by molar-refractivity contribution is 0.288.